The van der Waals surface area contributed by atoms with E-state index in [0.717, 1.165) is 0 Å². The van der Waals surface area contributed by atoms with Gasteiger partial charge in [-0.25, -0.2) is 22.0 Å². The zero-order chi connectivity index (χ0) is 12.7. The van der Waals surface area contributed by atoms with E-state index in [0.29, 0.717) is 0 Å². The Morgan fingerprint density at radius 2 is 1.12 bits per heavy atom. The van der Waals surface area contributed by atoms with Gasteiger partial charge in [0.25, 0.3) is 0 Å². The molecule has 1 aromatic rings. The molecule has 0 aromatic heterocycles. The predicted molar refractivity (Wildman–Crippen MR) is 48.1 cm³/mol. The van der Waals surface area contributed by atoms with Crippen molar-refractivity contribution in [2.45, 2.75) is 19.3 Å². The van der Waals surface area contributed by atoms with Gasteiger partial charge >= 0.3 is 0 Å². The lowest BCUT2D eigenvalue weighted by Crippen LogP contribution is -2.21. The molecule has 0 unspecified atom stereocenters. The lowest BCUT2D eigenvalue weighted by molar-refractivity contribution is 0.360. The van der Waals surface area contributed by atoms with Crippen LogP contribution in [-0.2, 0) is 5.41 Å². The van der Waals surface area contributed by atoms with E-state index in [-0.39, 0.29) is 0 Å². The fraction of sp³-hybridized carbons (Fsp3) is 0.273. The number of hydrogen-bond acceptors (Lipinski definition) is 0. The second-order valence-corrected chi connectivity index (χ2v) is 3.71. The quantitative estimate of drug-likeness (QED) is 0.303. The van der Waals surface area contributed by atoms with E-state index in [1.54, 1.807) is 0 Å². The zero-order valence-electron chi connectivity index (χ0n) is 8.47. The van der Waals surface area contributed by atoms with Crippen molar-refractivity contribution in [2.75, 3.05) is 0 Å². The Balaban J connectivity index is 3.73. The van der Waals surface area contributed by atoms with Gasteiger partial charge in [0.15, 0.2) is 23.3 Å². The third kappa shape index (κ3) is 1.64. The van der Waals surface area contributed by atoms with Crippen LogP contribution in [-0.4, -0.2) is 0 Å². The molecule has 0 amide bonds. The Labute approximate surface area is 89.1 Å². The molecule has 0 atom stereocenters. The molecule has 5 heteroatoms. The molecule has 86 valence electrons. The van der Waals surface area contributed by atoms with Gasteiger partial charge in [-0.15, -0.1) is 6.42 Å². The summed E-state index contributed by atoms with van der Waals surface area (Å²) in [5.74, 6) is -7.97. The van der Waals surface area contributed by atoms with E-state index in [2.05, 4.69) is 0 Å². The molecule has 0 fully saturated rings. The number of halogens is 5. The Hall–Kier alpha value is -1.57. The van der Waals surface area contributed by atoms with E-state index >= 15 is 0 Å². The van der Waals surface area contributed by atoms with Crippen molar-refractivity contribution >= 4 is 0 Å². The van der Waals surface area contributed by atoms with Crippen molar-refractivity contribution in [3.05, 3.63) is 34.6 Å². The summed E-state index contributed by atoms with van der Waals surface area (Å²) in [6.45, 7) is 2.37. The minimum atomic E-state index is -2.19. The van der Waals surface area contributed by atoms with Gasteiger partial charge < -0.3 is 0 Å². The highest BCUT2D eigenvalue weighted by Crippen LogP contribution is 2.32. The smallest absolute Gasteiger partial charge is 0.200 e. The van der Waals surface area contributed by atoms with Crippen molar-refractivity contribution in [1.29, 1.82) is 0 Å². The molecule has 1 aromatic carbocycles. The summed E-state index contributed by atoms with van der Waals surface area (Å²) < 4.78 is 64.9. The van der Waals surface area contributed by atoms with Crippen molar-refractivity contribution in [3.63, 3.8) is 0 Å². The first kappa shape index (κ1) is 12.5. The standard InChI is InChI=1S/C11H7F5/c1-4-11(2,3)5-6(12)8(14)10(16)9(15)7(5)13/h1H,2-3H3. The third-order valence-electron chi connectivity index (χ3n) is 2.20. The second kappa shape index (κ2) is 3.78. The maximum Gasteiger partial charge on any atom is 0.200 e. The molecule has 0 heterocycles. The van der Waals surface area contributed by atoms with Crippen LogP contribution in [0.4, 0.5) is 22.0 Å². The number of terminal acetylenes is 1. The molecule has 0 aliphatic heterocycles. The van der Waals surface area contributed by atoms with Crippen LogP contribution in [0.3, 0.4) is 0 Å². The Bertz CT molecular complexity index is 453. The molecule has 0 radical (unpaired) electrons. The molecule has 0 N–H and O–H groups in total. The highest BCUT2D eigenvalue weighted by molar-refractivity contribution is 5.36. The Morgan fingerprint density at radius 1 is 0.812 bits per heavy atom. The number of benzene rings is 1. The van der Waals surface area contributed by atoms with Gasteiger partial charge in [0.2, 0.25) is 5.82 Å². The number of rotatable bonds is 1. The molecule has 0 saturated heterocycles. The maximum atomic E-state index is 13.3. The summed E-state index contributed by atoms with van der Waals surface area (Å²) in [6.07, 6.45) is 4.99. The van der Waals surface area contributed by atoms with Crippen molar-refractivity contribution in [1.82, 2.24) is 0 Å². The van der Waals surface area contributed by atoms with Gasteiger partial charge in [-0.05, 0) is 13.8 Å². The summed E-state index contributed by atoms with van der Waals surface area (Å²) in [4.78, 5) is 0. The summed E-state index contributed by atoms with van der Waals surface area (Å²) in [7, 11) is 0. The first-order valence-corrected chi connectivity index (χ1v) is 4.23. The van der Waals surface area contributed by atoms with E-state index in [9.17, 15) is 22.0 Å². The Morgan fingerprint density at radius 3 is 1.44 bits per heavy atom. The maximum absolute atomic E-state index is 13.3. The van der Waals surface area contributed by atoms with Gasteiger partial charge in [-0.1, -0.05) is 5.92 Å². The first-order chi connectivity index (χ1) is 7.24. The van der Waals surface area contributed by atoms with Gasteiger partial charge in [0, 0.05) is 5.56 Å². The fourth-order valence-electron chi connectivity index (χ4n) is 1.23. The summed E-state index contributed by atoms with van der Waals surface area (Å²) in [5.41, 5.74) is -2.57. The van der Waals surface area contributed by atoms with Crippen LogP contribution >= 0.6 is 0 Å². The Kier molecular flexibility index (Phi) is 2.95. The van der Waals surface area contributed by atoms with E-state index < -0.39 is 40.1 Å². The first-order valence-electron chi connectivity index (χ1n) is 4.23. The van der Waals surface area contributed by atoms with Crippen molar-refractivity contribution in [3.8, 4) is 12.3 Å². The van der Waals surface area contributed by atoms with Gasteiger partial charge in [0.05, 0.1) is 5.41 Å². The van der Waals surface area contributed by atoms with Crippen LogP contribution in [0.25, 0.3) is 0 Å². The number of hydrogen-bond donors (Lipinski definition) is 0. The minimum absolute atomic E-state index is 0.994. The van der Waals surface area contributed by atoms with Crippen molar-refractivity contribution < 1.29 is 22.0 Å². The molecule has 0 aliphatic carbocycles. The molecule has 0 bridgehead atoms. The minimum Gasteiger partial charge on any atom is -0.203 e. The third-order valence-corrected chi connectivity index (χ3v) is 2.20. The van der Waals surface area contributed by atoms with Crippen LogP contribution in [0.2, 0.25) is 0 Å². The molecule has 16 heavy (non-hydrogen) atoms. The van der Waals surface area contributed by atoms with Crippen LogP contribution in [0.1, 0.15) is 19.4 Å². The molecular formula is C11H7F5. The SMILES string of the molecule is C#CC(C)(C)c1c(F)c(F)c(F)c(F)c1F. The lowest BCUT2D eigenvalue weighted by Gasteiger charge is -2.20. The zero-order valence-corrected chi connectivity index (χ0v) is 8.47. The molecule has 0 aliphatic rings. The average Bonchev–Trinajstić information content (AvgIpc) is 2.23. The topological polar surface area (TPSA) is 0 Å². The van der Waals surface area contributed by atoms with Crippen LogP contribution in [0, 0.1) is 41.4 Å². The molecule has 1 rings (SSSR count). The van der Waals surface area contributed by atoms with E-state index in [1.807, 2.05) is 5.92 Å². The second-order valence-electron chi connectivity index (χ2n) is 3.71. The highest BCUT2D eigenvalue weighted by Gasteiger charge is 2.33. The average molecular weight is 234 g/mol. The predicted octanol–water partition coefficient (Wildman–Crippen LogP) is 3.29. The van der Waals surface area contributed by atoms with E-state index in [1.165, 1.54) is 13.8 Å². The van der Waals surface area contributed by atoms with Crippen LogP contribution in [0.15, 0.2) is 0 Å². The fourth-order valence-corrected chi connectivity index (χ4v) is 1.23. The van der Waals surface area contributed by atoms with E-state index in [4.69, 9.17) is 6.42 Å². The lowest BCUT2D eigenvalue weighted by atomic mass is 9.84. The van der Waals surface area contributed by atoms with Crippen molar-refractivity contribution in [2.24, 2.45) is 0 Å². The van der Waals surface area contributed by atoms with Gasteiger partial charge in [-0.2, -0.15) is 0 Å². The monoisotopic (exact) mass is 234 g/mol. The normalized spacial score (nSPS) is 11.4. The van der Waals surface area contributed by atoms with Gasteiger partial charge in [-0.3, -0.25) is 0 Å². The largest absolute Gasteiger partial charge is 0.203 e. The summed E-state index contributed by atoms with van der Waals surface area (Å²) in [6, 6.07) is 0. The van der Waals surface area contributed by atoms with Crippen LogP contribution < -0.4 is 0 Å². The molecular weight excluding hydrogens is 227 g/mol. The van der Waals surface area contributed by atoms with Crippen LogP contribution in [0.5, 0.6) is 0 Å². The molecule has 0 saturated carbocycles. The highest BCUT2D eigenvalue weighted by atomic mass is 19.2. The summed E-state index contributed by atoms with van der Waals surface area (Å²) in [5, 5.41) is 0. The molecule has 0 nitrogen and oxygen atoms in total. The molecule has 0 spiro atoms. The van der Waals surface area contributed by atoms with Gasteiger partial charge in [0.1, 0.15) is 0 Å². The summed E-state index contributed by atoms with van der Waals surface area (Å²) >= 11 is 0.